The minimum Gasteiger partial charge on any atom is -0.450 e. The Morgan fingerprint density at radius 1 is 1.14 bits per heavy atom. The highest BCUT2D eigenvalue weighted by Crippen LogP contribution is 2.23. The summed E-state index contributed by atoms with van der Waals surface area (Å²) >= 11 is 0. The second-order valence-electron chi connectivity index (χ2n) is 8.67. The lowest BCUT2D eigenvalue weighted by Crippen LogP contribution is -2.44. The Morgan fingerprint density at radius 3 is 2.75 bits per heavy atom. The van der Waals surface area contributed by atoms with E-state index in [0.29, 0.717) is 50.2 Å². The lowest BCUT2D eigenvalue weighted by atomic mass is 10.1. The van der Waals surface area contributed by atoms with Crippen molar-refractivity contribution in [3.63, 3.8) is 0 Å². The van der Waals surface area contributed by atoms with Crippen molar-refractivity contribution in [2.45, 2.75) is 57.9 Å². The second-order valence-corrected chi connectivity index (χ2v) is 8.67. The predicted molar refractivity (Wildman–Crippen MR) is 134 cm³/mol. The van der Waals surface area contributed by atoms with E-state index in [1.54, 1.807) is 13.1 Å². The number of hydrogen-bond donors (Lipinski definition) is 2. The van der Waals surface area contributed by atoms with Crippen LogP contribution in [0.2, 0.25) is 0 Å². The molecule has 194 valence electrons. The van der Waals surface area contributed by atoms with E-state index >= 15 is 0 Å². The molecule has 3 amide bonds. The molecular formula is C26H34N4O6. The summed E-state index contributed by atoms with van der Waals surface area (Å²) in [4.78, 5) is 48.0. The van der Waals surface area contributed by atoms with Crippen LogP contribution in [0.15, 0.2) is 23.0 Å². The molecule has 1 aromatic heterocycles. The Labute approximate surface area is 210 Å². The third kappa shape index (κ3) is 7.21. The SMILES string of the molecule is CCCCOC(=O)NCCCCOCCC#Cc1ccc2c(c1)n(C)c(=O)n2C1CCC(=O)NC1=O. The number of alkyl carbamates (subject to hydrolysis) is 1. The van der Waals surface area contributed by atoms with Crippen LogP contribution < -0.4 is 16.3 Å². The highest BCUT2D eigenvalue weighted by molar-refractivity contribution is 6.00. The largest absolute Gasteiger partial charge is 0.450 e. The molecule has 0 saturated carbocycles. The first kappa shape index (κ1) is 27.0. The molecule has 0 radical (unpaired) electrons. The van der Waals surface area contributed by atoms with Gasteiger partial charge in [0.2, 0.25) is 11.8 Å². The summed E-state index contributed by atoms with van der Waals surface area (Å²) in [6.45, 7) is 4.15. The van der Waals surface area contributed by atoms with Crippen molar-refractivity contribution in [3.05, 3.63) is 34.2 Å². The van der Waals surface area contributed by atoms with Crippen LogP contribution in [-0.4, -0.2) is 53.4 Å². The van der Waals surface area contributed by atoms with E-state index in [1.165, 1.54) is 9.13 Å². The van der Waals surface area contributed by atoms with E-state index in [9.17, 15) is 19.2 Å². The summed E-state index contributed by atoms with van der Waals surface area (Å²) < 4.78 is 13.6. The Hall–Kier alpha value is -3.58. The zero-order chi connectivity index (χ0) is 25.9. The van der Waals surface area contributed by atoms with Gasteiger partial charge < -0.3 is 14.8 Å². The fraction of sp³-hybridized carbons (Fsp3) is 0.538. The number of nitrogens with zero attached hydrogens (tertiary/aromatic N) is 2. The number of amides is 3. The van der Waals surface area contributed by atoms with Crippen LogP contribution in [-0.2, 0) is 26.1 Å². The molecule has 2 aromatic rings. The van der Waals surface area contributed by atoms with Gasteiger partial charge in [-0.05, 0) is 43.9 Å². The number of nitrogens with one attached hydrogen (secondary N) is 2. The zero-order valence-electron chi connectivity index (χ0n) is 20.9. The molecule has 0 bridgehead atoms. The van der Waals surface area contributed by atoms with Crippen molar-refractivity contribution in [1.82, 2.24) is 19.8 Å². The van der Waals surface area contributed by atoms with Crippen molar-refractivity contribution in [1.29, 1.82) is 0 Å². The Balaban J connectivity index is 1.43. The number of benzene rings is 1. The molecule has 36 heavy (non-hydrogen) atoms. The summed E-state index contributed by atoms with van der Waals surface area (Å²) in [6.07, 6.45) is 4.20. The van der Waals surface area contributed by atoms with E-state index in [-0.39, 0.29) is 24.1 Å². The number of imide groups is 1. The number of piperidine rings is 1. The fourth-order valence-corrected chi connectivity index (χ4v) is 3.94. The van der Waals surface area contributed by atoms with E-state index < -0.39 is 11.9 Å². The maximum atomic E-state index is 12.8. The van der Waals surface area contributed by atoms with E-state index in [2.05, 4.69) is 22.5 Å². The van der Waals surface area contributed by atoms with Crippen LogP contribution >= 0.6 is 0 Å². The standard InChI is InChI=1S/C26H34N4O6/c1-3-4-17-36-25(33)27-14-6-8-16-35-15-7-5-9-19-10-11-20-22(18-19)29(2)26(34)30(20)21-12-13-23(31)28-24(21)32/h10-11,18,21H,3-4,6-8,12-17H2,1-2H3,(H,27,33)(H,28,31,32). The summed E-state index contributed by atoms with van der Waals surface area (Å²) in [5, 5.41) is 5.03. The van der Waals surface area contributed by atoms with Gasteiger partial charge >= 0.3 is 11.8 Å². The highest BCUT2D eigenvalue weighted by Gasteiger charge is 2.31. The molecule has 10 nitrogen and oxygen atoms in total. The minimum absolute atomic E-state index is 0.204. The molecule has 10 heteroatoms. The van der Waals surface area contributed by atoms with Gasteiger partial charge in [0, 0.05) is 38.6 Å². The normalized spacial score (nSPS) is 15.3. The third-order valence-corrected chi connectivity index (χ3v) is 5.93. The topological polar surface area (TPSA) is 121 Å². The summed E-state index contributed by atoms with van der Waals surface area (Å²) in [5.41, 5.74) is 1.77. The van der Waals surface area contributed by atoms with Gasteiger partial charge in [0.25, 0.3) is 0 Å². The minimum atomic E-state index is -0.705. The fourth-order valence-electron chi connectivity index (χ4n) is 3.94. The highest BCUT2D eigenvalue weighted by atomic mass is 16.5. The molecule has 1 aliphatic rings. The average Bonchev–Trinajstić information content (AvgIpc) is 3.10. The van der Waals surface area contributed by atoms with Crippen molar-refractivity contribution >= 4 is 28.9 Å². The van der Waals surface area contributed by atoms with Crippen molar-refractivity contribution in [2.75, 3.05) is 26.4 Å². The van der Waals surface area contributed by atoms with E-state index in [4.69, 9.17) is 9.47 Å². The van der Waals surface area contributed by atoms with Gasteiger partial charge in [-0.25, -0.2) is 9.59 Å². The summed E-state index contributed by atoms with van der Waals surface area (Å²) in [6, 6.07) is 4.73. The molecule has 0 aliphatic carbocycles. The molecule has 1 fully saturated rings. The number of rotatable bonds is 11. The van der Waals surface area contributed by atoms with Crippen molar-refractivity contribution < 1.29 is 23.9 Å². The third-order valence-electron chi connectivity index (χ3n) is 5.93. The summed E-state index contributed by atoms with van der Waals surface area (Å²) in [7, 11) is 1.66. The Morgan fingerprint density at radius 2 is 1.97 bits per heavy atom. The molecular weight excluding hydrogens is 464 g/mol. The number of ether oxygens (including phenoxy) is 2. The molecule has 2 N–H and O–H groups in total. The molecule has 3 rings (SSSR count). The van der Waals surface area contributed by atoms with Crippen LogP contribution in [0.25, 0.3) is 11.0 Å². The second kappa shape index (κ2) is 13.5. The molecule has 0 spiro atoms. The molecule has 1 atom stereocenters. The van der Waals surface area contributed by atoms with Gasteiger partial charge in [0.05, 0.1) is 24.2 Å². The Kier molecular flexibility index (Phi) is 10.1. The molecule has 1 aromatic carbocycles. The first-order valence-corrected chi connectivity index (χ1v) is 12.4. The average molecular weight is 499 g/mol. The first-order valence-electron chi connectivity index (χ1n) is 12.4. The van der Waals surface area contributed by atoms with Crippen LogP contribution in [0.3, 0.4) is 0 Å². The maximum absolute atomic E-state index is 12.8. The van der Waals surface area contributed by atoms with Gasteiger partial charge in [0.15, 0.2) is 0 Å². The van der Waals surface area contributed by atoms with E-state index in [0.717, 1.165) is 31.2 Å². The lowest BCUT2D eigenvalue weighted by Gasteiger charge is -2.21. The molecule has 1 unspecified atom stereocenters. The number of unbranched alkanes of at least 4 members (excludes halogenated alkanes) is 2. The van der Waals surface area contributed by atoms with Gasteiger partial charge in [-0.3, -0.25) is 24.0 Å². The zero-order valence-corrected chi connectivity index (χ0v) is 20.9. The molecule has 2 heterocycles. The van der Waals surface area contributed by atoms with Gasteiger partial charge in [-0.1, -0.05) is 25.2 Å². The number of hydrogen-bond acceptors (Lipinski definition) is 6. The number of aromatic nitrogens is 2. The smallest absolute Gasteiger partial charge is 0.407 e. The van der Waals surface area contributed by atoms with Gasteiger partial charge in [0.1, 0.15) is 6.04 Å². The quantitative estimate of drug-likeness (QED) is 0.279. The number of fused-ring (bicyclic) bond motifs is 1. The monoisotopic (exact) mass is 498 g/mol. The molecule has 1 saturated heterocycles. The number of carbonyl (C=O) groups excluding carboxylic acids is 3. The first-order chi connectivity index (χ1) is 17.4. The predicted octanol–water partition coefficient (Wildman–Crippen LogP) is 2.38. The van der Waals surface area contributed by atoms with Crippen molar-refractivity contribution in [3.8, 4) is 11.8 Å². The van der Waals surface area contributed by atoms with Crippen LogP contribution in [0.5, 0.6) is 0 Å². The Bertz CT molecular complexity index is 1200. The van der Waals surface area contributed by atoms with Crippen LogP contribution in [0, 0.1) is 11.8 Å². The molecule has 1 aliphatic heterocycles. The van der Waals surface area contributed by atoms with Crippen molar-refractivity contribution in [2.24, 2.45) is 7.05 Å². The van der Waals surface area contributed by atoms with Gasteiger partial charge in [-0.15, -0.1) is 0 Å². The summed E-state index contributed by atoms with van der Waals surface area (Å²) in [5.74, 6) is 5.40. The maximum Gasteiger partial charge on any atom is 0.407 e. The van der Waals surface area contributed by atoms with E-state index in [1.807, 2.05) is 19.1 Å². The van der Waals surface area contributed by atoms with Crippen LogP contribution in [0.4, 0.5) is 4.79 Å². The number of carbonyl (C=O) groups is 3. The lowest BCUT2D eigenvalue weighted by molar-refractivity contribution is -0.135. The van der Waals surface area contributed by atoms with Crippen LogP contribution in [0.1, 0.15) is 63.5 Å². The van der Waals surface area contributed by atoms with Gasteiger partial charge in [-0.2, -0.15) is 0 Å². The number of imidazole rings is 1. The number of aryl methyl sites for hydroxylation is 1.